The van der Waals surface area contributed by atoms with E-state index in [0.29, 0.717) is 12.0 Å². The van der Waals surface area contributed by atoms with E-state index in [0.717, 1.165) is 6.07 Å². The number of halogens is 1. The zero-order chi connectivity index (χ0) is 24.9. The Bertz CT molecular complexity index is 1320. The molecule has 1 saturated carbocycles. The van der Waals surface area contributed by atoms with Gasteiger partial charge in [0, 0.05) is 42.5 Å². The first-order chi connectivity index (χ1) is 16.9. The molecule has 176 valence electrons. The smallest absolute Gasteiger partial charge is 0.345 e. The zero-order valence-electron chi connectivity index (χ0n) is 18.6. The van der Waals surface area contributed by atoms with Crippen LogP contribution in [-0.4, -0.2) is 33.8 Å². The molecule has 2 aromatic heterocycles. The monoisotopic (exact) mass is 473 g/mol. The van der Waals surface area contributed by atoms with Crippen LogP contribution in [0.3, 0.4) is 0 Å². The second kappa shape index (κ2) is 10.1. The second-order valence-corrected chi connectivity index (χ2v) is 7.84. The molecule has 1 aliphatic carbocycles. The standard InChI is InChI=1S/C25H20FN5O4/c1-2-20(32)16-6-7-18(26)22(23(16)35-24(33)15-4-3-9-28-13-15)17-10-19(17)30-25(34)31-21-8-5-14(11-27)12-29-21/h3-9,12-13,17,19H,2,10H2,1H3,(H2,29,30,31,34)/t17-,19+/m0/s1. The van der Waals surface area contributed by atoms with Crippen molar-refractivity contribution in [3.8, 4) is 11.8 Å². The van der Waals surface area contributed by atoms with Crippen LogP contribution in [0, 0.1) is 17.1 Å². The molecule has 10 heteroatoms. The molecule has 2 N–H and O–H groups in total. The Balaban J connectivity index is 1.55. The SMILES string of the molecule is CCC(=O)c1ccc(F)c([C@H]2C[C@H]2NC(=O)Nc2ccc(C#N)cn2)c1OC(=O)c1cccnc1. The number of urea groups is 1. The van der Waals surface area contributed by atoms with Gasteiger partial charge in [0.2, 0.25) is 0 Å². The quantitative estimate of drug-likeness (QED) is 0.301. The van der Waals surface area contributed by atoms with Crippen molar-refractivity contribution in [2.75, 3.05) is 5.32 Å². The van der Waals surface area contributed by atoms with Gasteiger partial charge in [-0.05, 0) is 42.8 Å². The molecule has 3 aromatic rings. The Kier molecular flexibility index (Phi) is 6.78. The molecule has 0 aliphatic heterocycles. The molecule has 0 saturated heterocycles. The highest BCUT2D eigenvalue weighted by atomic mass is 19.1. The summed E-state index contributed by atoms with van der Waals surface area (Å²) >= 11 is 0. The van der Waals surface area contributed by atoms with E-state index in [1.807, 2.05) is 6.07 Å². The summed E-state index contributed by atoms with van der Waals surface area (Å²) in [5.74, 6) is -2.13. The fourth-order valence-corrected chi connectivity index (χ4v) is 3.60. The van der Waals surface area contributed by atoms with Crippen LogP contribution in [0.4, 0.5) is 15.0 Å². The third-order valence-electron chi connectivity index (χ3n) is 5.47. The highest BCUT2D eigenvalue weighted by Gasteiger charge is 2.44. The fraction of sp³-hybridized carbons (Fsp3) is 0.200. The number of ether oxygens (including phenoxy) is 1. The first-order valence-electron chi connectivity index (χ1n) is 10.8. The number of aromatic nitrogens is 2. The number of ketones is 1. The van der Waals surface area contributed by atoms with Crippen molar-refractivity contribution in [1.82, 2.24) is 15.3 Å². The molecule has 2 atom stereocenters. The van der Waals surface area contributed by atoms with Crippen LogP contribution in [0.5, 0.6) is 5.75 Å². The summed E-state index contributed by atoms with van der Waals surface area (Å²) in [6.45, 7) is 1.65. The summed E-state index contributed by atoms with van der Waals surface area (Å²) in [6.07, 6.45) is 4.65. The Morgan fingerprint density at radius 2 is 2.03 bits per heavy atom. The second-order valence-electron chi connectivity index (χ2n) is 7.84. The molecule has 0 radical (unpaired) electrons. The Labute approximate surface area is 200 Å². The van der Waals surface area contributed by atoms with Crippen LogP contribution < -0.4 is 15.4 Å². The summed E-state index contributed by atoms with van der Waals surface area (Å²) < 4.78 is 20.5. The summed E-state index contributed by atoms with van der Waals surface area (Å²) in [4.78, 5) is 45.5. The maximum absolute atomic E-state index is 15.0. The van der Waals surface area contributed by atoms with Gasteiger partial charge in [0.05, 0.1) is 16.7 Å². The van der Waals surface area contributed by atoms with Crippen molar-refractivity contribution >= 4 is 23.6 Å². The number of nitrogens with zero attached hydrogens (tertiary/aromatic N) is 3. The van der Waals surface area contributed by atoms with Crippen LogP contribution in [0.15, 0.2) is 55.0 Å². The van der Waals surface area contributed by atoms with Crippen molar-refractivity contribution in [2.45, 2.75) is 31.7 Å². The first-order valence-corrected chi connectivity index (χ1v) is 10.8. The molecule has 2 amide bonds. The fourth-order valence-electron chi connectivity index (χ4n) is 3.60. The lowest BCUT2D eigenvalue weighted by Gasteiger charge is -2.15. The summed E-state index contributed by atoms with van der Waals surface area (Å²) in [5, 5.41) is 14.1. The van der Waals surface area contributed by atoms with Gasteiger partial charge >= 0.3 is 12.0 Å². The average molecular weight is 473 g/mol. The van der Waals surface area contributed by atoms with Crippen molar-refractivity contribution in [2.24, 2.45) is 0 Å². The molecule has 9 nitrogen and oxygen atoms in total. The lowest BCUT2D eigenvalue weighted by Crippen LogP contribution is -2.31. The van der Waals surface area contributed by atoms with E-state index >= 15 is 0 Å². The number of anilines is 1. The number of nitrogens with one attached hydrogen (secondary N) is 2. The number of carbonyl (C=O) groups excluding carboxylic acids is 3. The van der Waals surface area contributed by atoms with E-state index in [1.165, 1.54) is 42.9 Å². The average Bonchev–Trinajstić information content (AvgIpc) is 3.62. The highest BCUT2D eigenvalue weighted by Crippen LogP contribution is 2.47. The van der Waals surface area contributed by atoms with Gasteiger partial charge in [0.25, 0.3) is 0 Å². The molecule has 0 unspecified atom stereocenters. The number of amides is 2. The zero-order valence-corrected chi connectivity index (χ0v) is 18.6. The lowest BCUT2D eigenvalue weighted by molar-refractivity contribution is 0.0729. The summed E-state index contributed by atoms with van der Waals surface area (Å²) in [5.41, 5.74) is 0.655. The van der Waals surface area contributed by atoms with Gasteiger partial charge in [-0.2, -0.15) is 5.26 Å². The Hall–Kier alpha value is -4.65. The number of Topliss-reactive ketones (excluding diaryl/α,β-unsaturated/α-hetero) is 1. The lowest BCUT2D eigenvalue weighted by atomic mass is 10.00. The molecule has 1 aliphatic rings. The van der Waals surface area contributed by atoms with E-state index in [1.54, 1.807) is 13.0 Å². The van der Waals surface area contributed by atoms with Crippen molar-refractivity contribution in [1.29, 1.82) is 5.26 Å². The maximum Gasteiger partial charge on any atom is 0.345 e. The van der Waals surface area contributed by atoms with Gasteiger partial charge in [-0.15, -0.1) is 0 Å². The number of carbonyl (C=O) groups is 3. The van der Waals surface area contributed by atoms with Crippen LogP contribution in [0.2, 0.25) is 0 Å². The van der Waals surface area contributed by atoms with Gasteiger partial charge in [-0.1, -0.05) is 6.92 Å². The van der Waals surface area contributed by atoms with Crippen LogP contribution in [0.25, 0.3) is 0 Å². The Morgan fingerprint density at radius 3 is 2.69 bits per heavy atom. The van der Waals surface area contributed by atoms with Gasteiger partial charge in [0.1, 0.15) is 23.5 Å². The molecular weight excluding hydrogens is 453 g/mol. The van der Waals surface area contributed by atoms with Crippen molar-refractivity contribution < 1.29 is 23.5 Å². The first kappa shape index (κ1) is 23.5. The molecule has 1 aromatic carbocycles. The minimum absolute atomic E-state index is 0.0586. The molecular formula is C25H20FN5O4. The number of hydrogen-bond acceptors (Lipinski definition) is 7. The maximum atomic E-state index is 15.0. The predicted molar refractivity (Wildman–Crippen MR) is 122 cm³/mol. The molecule has 0 spiro atoms. The van der Waals surface area contributed by atoms with Crippen molar-refractivity contribution in [3.63, 3.8) is 0 Å². The number of esters is 1. The number of pyridine rings is 2. The van der Waals surface area contributed by atoms with Gasteiger partial charge in [-0.25, -0.2) is 19.0 Å². The van der Waals surface area contributed by atoms with Gasteiger partial charge < -0.3 is 10.1 Å². The molecule has 35 heavy (non-hydrogen) atoms. The number of hydrogen-bond donors (Lipinski definition) is 2. The normalized spacial score (nSPS) is 16.0. The predicted octanol–water partition coefficient (Wildman–Crippen LogP) is 3.98. The molecule has 0 bridgehead atoms. The Morgan fingerprint density at radius 1 is 1.20 bits per heavy atom. The molecule has 1 fully saturated rings. The third-order valence-corrected chi connectivity index (χ3v) is 5.47. The number of benzene rings is 1. The van der Waals surface area contributed by atoms with Crippen LogP contribution in [-0.2, 0) is 0 Å². The largest absolute Gasteiger partial charge is 0.422 e. The minimum Gasteiger partial charge on any atom is -0.422 e. The van der Waals surface area contributed by atoms with Crippen LogP contribution in [0.1, 0.15) is 57.5 Å². The van der Waals surface area contributed by atoms with Crippen molar-refractivity contribution in [3.05, 3.63) is 83.1 Å². The molecule has 2 heterocycles. The number of nitriles is 1. The molecule has 4 rings (SSSR count). The highest BCUT2D eigenvalue weighted by molar-refractivity contribution is 6.01. The van der Waals surface area contributed by atoms with E-state index in [2.05, 4.69) is 20.6 Å². The van der Waals surface area contributed by atoms with Crippen LogP contribution >= 0.6 is 0 Å². The summed E-state index contributed by atoms with van der Waals surface area (Å²) in [7, 11) is 0. The van der Waals surface area contributed by atoms with Gasteiger partial charge in [0.15, 0.2) is 5.78 Å². The van der Waals surface area contributed by atoms with E-state index < -0.39 is 29.8 Å². The topological polar surface area (TPSA) is 134 Å². The van der Waals surface area contributed by atoms with E-state index in [4.69, 9.17) is 10.00 Å². The third kappa shape index (κ3) is 5.30. The van der Waals surface area contributed by atoms with E-state index in [9.17, 15) is 18.8 Å². The van der Waals surface area contributed by atoms with Gasteiger partial charge in [-0.3, -0.25) is 15.1 Å². The number of rotatable bonds is 7. The minimum atomic E-state index is -0.773. The summed E-state index contributed by atoms with van der Waals surface area (Å²) in [6, 6.07) is 9.43. The van der Waals surface area contributed by atoms with E-state index in [-0.39, 0.29) is 40.5 Å².